The van der Waals surface area contributed by atoms with Crippen LogP contribution in [0.5, 0.6) is 0 Å². The molecule has 4 nitrogen and oxygen atoms in total. The van der Waals surface area contributed by atoms with Crippen LogP contribution < -0.4 is 5.32 Å². The van der Waals surface area contributed by atoms with E-state index in [1.54, 1.807) is 24.5 Å². The summed E-state index contributed by atoms with van der Waals surface area (Å²) in [5.74, 6) is -0.174. The molecule has 1 N–H and O–H groups in total. The summed E-state index contributed by atoms with van der Waals surface area (Å²) in [5, 5.41) is 3.79. The van der Waals surface area contributed by atoms with Gasteiger partial charge in [0.15, 0.2) is 0 Å². The van der Waals surface area contributed by atoms with Gasteiger partial charge in [-0.05, 0) is 23.8 Å². The number of nitrogens with one attached hydrogen (secondary N) is 1. The van der Waals surface area contributed by atoms with Crippen molar-refractivity contribution in [3.8, 4) is 0 Å². The number of nitrogens with zero attached hydrogens (tertiary/aromatic N) is 2. The van der Waals surface area contributed by atoms with Crippen LogP contribution in [0.1, 0.15) is 16.1 Å². The lowest BCUT2D eigenvalue weighted by Crippen LogP contribution is -2.23. The summed E-state index contributed by atoms with van der Waals surface area (Å²) in [6.45, 7) is 0.496. The van der Waals surface area contributed by atoms with Crippen molar-refractivity contribution in [3.05, 3.63) is 72.2 Å². The third-order valence-corrected chi connectivity index (χ3v) is 3.02. The van der Waals surface area contributed by atoms with E-state index in [2.05, 4.69) is 15.3 Å². The Balaban J connectivity index is 1.75. The first-order chi connectivity index (χ1) is 9.83. The molecule has 0 aliphatic rings. The number of amides is 1. The SMILES string of the molecule is O=C(NCc1ccccc1)c1ccc2cnccc2n1. The Labute approximate surface area is 116 Å². The molecule has 0 radical (unpaired) electrons. The topological polar surface area (TPSA) is 54.9 Å². The molecular weight excluding hydrogens is 250 g/mol. The van der Waals surface area contributed by atoms with Gasteiger partial charge in [-0.25, -0.2) is 4.98 Å². The molecular formula is C16H13N3O. The Bertz CT molecular complexity index is 741. The fraction of sp³-hybridized carbons (Fsp3) is 0.0625. The zero-order valence-electron chi connectivity index (χ0n) is 10.8. The maximum Gasteiger partial charge on any atom is 0.270 e. The van der Waals surface area contributed by atoms with Gasteiger partial charge in [0, 0.05) is 24.3 Å². The van der Waals surface area contributed by atoms with E-state index < -0.39 is 0 Å². The summed E-state index contributed by atoms with van der Waals surface area (Å²) in [6.07, 6.45) is 3.40. The number of hydrogen-bond donors (Lipinski definition) is 1. The molecule has 1 amide bonds. The van der Waals surface area contributed by atoms with Gasteiger partial charge < -0.3 is 5.32 Å². The van der Waals surface area contributed by atoms with Crippen molar-refractivity contribution in [1.82, 2.24) is 15.3 Å². The number of fused-ring (bicyclic) bond motifs is 1. The number of aromatic nitrogens is 2. The van der Waals surface area contributed by atoms with Crippen LogP contribution in [-0.4, -0.2) is 15.9 Å². The van der Waals surface area contributed by atoms with E-state index in [4.69, 9.17) is 0 Å². The lowest BCUT2D eigenvalue weighted by Gasteiger charge is -2.05. The molecule has 0 bridgehead atoms. The van der Waals surface area contributed by atoms with Gasteiger partial charge in [-0.2, -0.15) is 0 Å². The molecule has 0 saturated heterocycles. The van der Waals surface area contributed by atoms with Crippen LogP contribution in [0.25, 0.3) is 10.9 Å². The Morgan fingerprint density at radius 1 is 1.05 bits per heavy atom. The van der Waals surface area contributed by atoms with Gasteiger partial charge >= 0.3 is 0 Å². The Kier molecular flexibility index (Phi) is 3.37. The molecule has 2 aromatic heterocycles. The van der Waals surface area contributed by atoms with Crippen molar-refractivity contribution in [2.45, 2.75) is 6.54 Å². The highest BCUT2D eigenvalue weighted by molar-refractivity contribution is 5.94. The second-order valence-electron chi connectivity index (χ2n) is 4.43. The number of carbonyl (C=O) groups excluding carboxylic acids is 1. The number of pyridine rings is 2. The average Bonchev–Trinajstić information content (AvgIpc) is 2.53. The smallest absolute Gasteiger partial charge is 0.270 e. The van der Waals surface area contributed by atoms with E-state index >= 15 is 0 Å². The third kappa shape index (κ3) is 2.64. The minimum Gasteiger partial charge on any atom is -0.347 e. The van der Waals surface area contributed by atoms with Crippen LogP contribution in [0.4, 0.5) is 0 Å². The third-order valence-electron chi connectivity index (χ3n) is 3.02. The Morgan fingerprint density at radius 2 is 1.90 bits per heavy atom. The van der Waals surface area contributed by atoms with Crippen molar-refractivity contribution in [2.24, 2.45) is 0 Å². The molecule has 0 fully saturated rings. The second-order valence-corrected chi connectivity index (χ2v) is 4.43. The van der Waals surface area contributed by atoms with Crippen molar-refractivity contribution in [2.75, 3.05) is 0 Å². The van der Waals surface area contributed by atoms with Crippen LogP contribution in [0.3, 0.4) is 0 Å². The highest BCUT2D eigenvalue weighted by Gasteiger charge is 2.07. The molecule has 0 spiro atoms. The summed E-state index contributed by atoms with van der Waals surface area (Å²) < 4.78 is 0. The van der Waals surface area contributed by atoms with E-state index in [1.807, 2.05) is 36.4 Å². The summed E-state index contributed by atoms with van der Waals surface area (Å²) >= 11 is 0. The quantitative estimate of drug-likeness (QED) is 0.790. The normalized spacial score (nSPS) is 10.4. The van der Waals surface area contributed by atoms with Gasteiger partial charge in [0.1, 0.15) is 5.69 Å². The standard InChI is InChI=1S/C16H13N3O/c20-16(18-10-12-4-2-1-3-5-12)15-7-6-13-11-17-9-8-14(13)19-15/h1-9,11H,10H2,(H,18,20). The first-order valence-electron chi connectivity index (χ1n) is 6.36. The largest absolute Gasteiger partial charge is 0.347 e. The molecule has 0 saturated carbocycles. The van der Waals surface area contributed by atoms with Gasteiger partial charge in [-0.15, -0.1) is 0 Å². The van der Waals surface area contributed by atoms with Gasteiger partial charge in [-0.1, -0.05) is 30.3 Å². The molecule has 98 valence electrons. The fourth-order valence-corrected chi connectivity index (χ4v) is 1.96. The number of benzene rings is 1. The van der Waals surface area contributed by atoms with E-state index in [9.17, 15) is 4.79 Å². The number of carbonyl (C=O) groups is 1. The van der Waals surface area contributed by atoms with Crippen LogP contribution in [0.15, 0.2) is 60.9 Å². The molecule has 3 rings (SSSR count). The fourth-order valence-electron chi connectivity index (χ4n) is 1.96. The maximum atomic E-state index is 12.1. The van der Waals surface area contributed by atoms with Crippen LogP contribution in [0, 0.1) is 0 Å². The molecule has 0 aliphatic carbocycles. The zero-order chi connectivity index (χ0) is 13.8. The van der Waals surface area contributed by atoms with Crippen LogP contribution in [0.2, 0.25) is 0 Å². The molecule has 0 unspecified atom stereocenters. The molecule has 4 heteroatoms. The summed E-state index contributed by atoms with van der Waals surface area (Å²) in [6, 6.07) is 15.1. The van der Waals surface area contributed by atoms with Gasteiger partial charge in [0.25, 0.3) is 5.91 Å². The predicted octanol–water partition coefficient (Wildman–Crippen LogP) is 2.56. The monoisotopic (exact) mass is 263 g/mol. The number of rotatable bonds is 3. The summed E-state index contributed by atoms with van der Waals surface area (Å²) in [7, 11) is 0. The first-order valence-corrected chi connectivity index (χ1v) is 6.36. The molecule has 0 aliphatic heterocycles. The Hall–Kier alpha value is -2.75. The lowest BCUT2D eigenvalue weighted by atomic mass is 10.2. The second kappa shape index (κ2) is 5.48. The van der Waals surface area contributed by atoms with Crippen LogP contribution >= 0.6 is 0 Å². The summed E-state index contributed by atoms with van der Waals surface area (Å²) in [5.41, 5.74) is 2.25. The minimum absolute atomic E-state index is 0.174. The molecule has 3 aromatic rings. The number of hydrogen-bond acceptors (Lipinski definition) is 3. The summed E-state index contributed by atoms with van der Waals surface area (Å²) in [4.78, 5) is 20.4. The van der Waals surface area contributed by atoms with Crippen molar-refractivity contribution < 1.29 is 4.79 Å². The van der Waals surface area contributed by atoms with Crippen LogP contribution in [-0.2, 0) is 6.54 Å². The highest BCUT2D eigenvalue weighted by atomic mass is 16.1. The predicted molar refractivity (Wildman–Crippen MR) is 77.2 cm³/mol. The average molecular weight is 263 g/mol. The van der Waals surface area contributed by atoms with Crippen molar-refractivity contribution in [3.63, 3.8) is 0 Å². The van der Waals surface area contributed by atoms with E-state index in [1.165, 1.54) is 0 Å². The molecule has 2 heterocycles. The van der Waals surface area contributed by atoms with E-state index in [0.717, 1.165) is 16.5 Å². The van der Waals surface area contributed by atoms with E-state index in [-0.39, 0.29) is 5.91 Å². The maximum absolute atomic E-state index is 12.1. The van der Waals surface area contributed by atoms with Crippen molar-refractivity contribution >= 4 is 16.8 Å². The Morgan fingerprint density at radius 3 is 2.75 bits per heavy atom. The van der Waals surface area contributed by atoms with Gasteiger partial charge in [0.05, 0.1) is 5.52 Å². The zero-order valence-corrected chi connectivity index (χ0v) is 10.8. The minimum atomic E-state index is -0.174. The molecule has 0 atom stereocenters. The van der Waals surface area contributed by atoms with E-state index in [0.29, 0.717) is 12.2 Å². The van der Waals surface area contributed by atoms with Gasteiger partial charge in [0.2, 0.25) is 0 Å². The highest BCUT2D eigenvalue weighted by Crippen LogP contribution is 2.10. The molecule has 1 aromatic carbocycles. The van der Waals surface area contributed by atoms with Gasteiger partial charge in [-0.3, -0.25) is 9.78 Å². The van der Waals surface area contributed by atoms with Crippen molar-refractivity contribution in [1.29, 1.82) is 0 Å². The molecule has 20 heavy (non-hydrogen) atoms. The lowest BCUT2D eigenvalue weighted by molar-refractivity contribution is 0.0946. The first kappa shape index (κ1) is 12.3.